The number of oxime groups is 1. The largest absolute Gasteiger partial charge is 0.409 e. The molecule has 0 saturated carbocycles. The van der Waals surface area contributed by atoms with E-state index in [2.05, 4.69) is 5.16 Å². The maximum absolute atomic E-state index is 12.1. The zero-order valence-corrected chi connectivity index (χ0v) is 12.3. The molecule has 1 aliphatic rings. The van der Waals surface area contributed by atoms with Gasteiger partial charge in [0, 0.05) is 19.0 Å². The Balaban J connectivity index is 2.58. The number of sulfonamides is 1. The fourth-order valence-electron chi connectivity index (χ4n) is 2.04. The van der Waals surface area contributed by atoms with Gasteiger partial charge in [0.2, 0.25) is 10.0 Å². The Morgan fingerprint density at radius 3 is 2.84 bits per heavy atom. The number of hydrogen-bond donors (Lipinski definition) is 2. The van der Waals surface area contributed by atoms with Crippen molar-refractivity contribution in [3.63, 3.8) is 0 Å². The molecule has 3 N–H and O–H groups in total. The van der Waals surface area contributed by atoms with E-state index in [9.17, 15) is 8.42 Å². The standard InChI is InChI=1S/C11H23N3O4S/c1-9(2)18-6-7-19(16,17)14-5-3-4-10(8-14)11(12)13-15/h9-10,15H,3-8H2,1-2H3,(H2,12,13). The molecule has 0 amide bonds. The lowest BCUT2D eigenvalue weighted by atomic mass is 9.99. The van der Waals surface area contributed by atoms with E-state index in [1.165, 1.54) is 4.31 Å². The van der Waals surface area contributed by atoms with E-state index in [0.717, 1.165) is 6.42 Å². The van der Waals surface area contributed by atoms with Crippen molar-refractivity contribution in [1.29, 1.82) is 0 Å². The second kappa shape index (κ2) is 7.06. The molecule has 1 atom stereocenters. The fraction of sp³-hybridized carbons (Fsp3) is 0.909. The van der Waals surface area contributed by atoms with Crippen LogP contribution in [0.3, 0.4) is 0 Å². The molecule has 7 nitrogen and oxygen atoms in total. The molecule has 0 aromatic carbocycles. The Labute approximate surface area is 114 Å². The van der Waals surface area contributed by atoms with Crippen molar-refractivity contribution in [2.45, 2.75) is 32.8 Å². The SMILES string of the molecule is CC(C)OCCS(=O)(=O)N1CCCC(C(N)=NO)C1. The van der Waals surface area contributed by atoms with E-state index >= 15 is 0 Å². The molecule has 1 aliphatic heterocycles. The second-order valence-corrected chi connectivity index (χ2v) is 7.05. The summed E-state index contributed by atoms with van der Waals surface area (Å²) < 4.78 is 30.9. The van der Waals surface area contributed by atoms with Crippen molar-refractivity contribution >= 4 is 15.9 Å². The monoisotopic (exact) mass is 293 g/mol. The minimum atomic E-state index is -3.34. The van der Waals surface area contributed by atoms with Gasteiger partial charge in [-0.2, -0.15) is 0 Å². The molecule has 0 aliphatic carbocycles. The molecule has 0 aromatic heterocycles. The minimum Gasteiger partial charge on any atom is -0.409 e. The molecule has 19 heavy (non-hydrogen) atoms. The summed E-state index contributed by atoms with van der Waals surface area (Å²) in [5.41, 5.74) is 5.55. The van der Waals surface area contributed by atoms with Gasteiger partial charge in [0.25, 0.3) is 0 Å². The lowest BCUT2D eigenvalue weighted by Gasteiger charge is -2.31. The van der Waals surface area contributed by atoms with Crippen LogP contribution in [0.1, 0.15) is 26.7 Å². The summed E-state index contributed by atoms with van der Waals surface area (Å²) in [5.74, 6) is -0.147. The van der Waals surface area contributed by atoms with Crippen molar-refractivity contribution in [2.75, 3.05) is 25.4 Å². The number of nitrogens with zero attached hydrogens (tertiary/aromatic N) is 2. The summed E-state index contributed by atoms with van der Waals surface area (Å²) in [6.07, 6.45) is 1.47. The van der Waals surface area contributed by atoms with Crippen LogP contribution in [-0.2, 0) is 14.8 Å². The molecule has 112 valence electrons. The van der Waals surface area contributed by atoms with Gasteiger partial charge < -0.3 is 15.7 Å². The maximum atomic E-state index is 12.1. The summed E-state index contributed by atoms with van der Waals surface area (Å²) in [6, 6.07) is 0. The van der Waals surface area contributed by atoms with Crippen LogP contribution in [0.4, 0.5) is 0 Å². The maximum Gasteiger partial charge on any atom is 0.216 e. The third-order valence-electron chi connectivity index (χ3n) is 3.10. The molecule has 1 rings (SSSR count). The van der Waals surface area contributed by atoms with Crippen molar-refractivity contribution < 1.29 is 18.4 Å². The topological polar surface area (TPSA) is 105 Å². The lowest BCUT2D eigenvalue weighted by Crippen LogP contribution is -2.45. The third-order valence-corrected chi connectivity index (χ3v) is 4.90. The van der Waals surface area contributed by atoms with E-state index in [0.29, 0.717) is 13.0 Å². The number of rotatable bonds is 6. The third kappa shape index (κ3) is 4.96. The van der Waals surface area contributed by atoms with Gasteiger partial charge in [-0.15, -0.1) is 0 Å². The van der Waals surface area contributed by atoms with Gasteiger partial charge in [-0.25, -0.2) is 12.7 Å². The molecular weight excluding hydrogens is 270 g/mol. The van der Waals surface area contributed by atoms with Crippen LogP contribution in [-0.4, -0.2) is 55.3 Å². The van der Waals surface area contributed by atoms with E-state index in [1.807, 2.05) is 13.8 Å². The summed E-state index contributed by atoms with van der Waals surface area (Å²) in [6.45, 7) is 4.67. The second-order valence-electron chi connectivity index (χ2n) is 4.96. The highest BCUT2D eigenvalue weighted by Gasteiger charge is 2.30. The van der Waals surface area contributed by atoms with Gasteiger partial charge in [-0.1, -0.05) is 5.16 Å². The Kier molecular flexibility index (Phi) is 6.02. The molecule has 1 fully saturated rings. The van der Waals surface area contributed by atoms with Gasteiger partial charge in [0.1, 0.15) is 5.84 Å². The first-order valence-electron chi connectivity index (χ1n) is 6.43. The summed E-state index contributed by atoms with van der Waals surface area (Å²) in [5, 5.41) is 11.6. The Hall–Kier alpha value is -0.860. The van der Waals surface area contributed by atoms with Crippen LogP contribution in [0.15, 0.2) is 5.16 Å². The van der Waals surface area contributed by atoms with Gasteiger partial charge in [-0.05, 0) is 26.7 Å². The summed E-state index contributed by atoms with van der Waals surface area (Å²) in [4.78, 5) is 0. The Morgan fingerprint density at radius 2 is 2.26 bits per heavy atom. The molecule has 0 bridgehead atoms. The van der Waals surface area contributed by atoms with Gasteiger partial charge in [-0.3, -0.25) is 0 Å². The van der Waals surface area contributed by atoms with E-state index in [-0.39, 0.29) is 36.8 Å². The Morgan fingerprint density at radius 1 is 1.58 bits per heavy atom. The van der Waals surface area contributed by atoms with Crippen LogP contribution in [0.2, 0.25) is 0 Å². The van der Waals surface area contributed by atoms with E-state index in [1.54, 1.807) is 0 Å². The van der Waals surface area contributed by atoms with Gasteiger partial charge in [0.05, 0.1) is 18.5 Å². The minimum absolute atomic E-state index is 0.0153. The molecule has 0 aromatic rings. The highest BCUT2D eigenvalue weighted by atomic mass is 32.2. The van der Waals surface area contributed by atoms with Crippen LogP contribution >= 0.6 is 0 Å². The Bertz CT molecular complexity index is 408. The number of amidine groups is 1. The molecule has 0 radical (unpaired) electrons. The summed E-state index contributed by atoms with van der Waals surface area (Å²) in [7, 11) is -3.34. The number of nitrogens with two attached hydrogens (primary N) is 1. The van der Waals surface area contributed by atoms with Gasteiger partial charge >= 0.3 is 0 Å². The molecule has 8 heteroatoms. The van der Waals surface area contributed by atoms with Crippen molar-refractivity contribution in [3.8, 4) is 0 Å². The highest BCUT2D eigenvalue weighted by molar-refractivity contribution is 7.89. The van der Waals surface area contributed by atoms with Crippen molar-refractivity contribution in [2.24, 2.45) is 16.8 Å². The van der Waals surface area contributed by atoms with Crippen LogP contribution in [0.25, 0.3) is 0 Å². The average Bonchev–Trinajstić information content (AvgIpc) is 2.37. The van der Waals surface area contributed by atoms with Crippen LogP contribution in [0.5, 0.6) is 0 Å². The van der Waals surface area contributed by atoms with Gasteiger partial charge in [0.15, 0.2) is 0 Å². The first-order valence-corrected chi connectivity index (χ1v) is 8.04. The quantitative estimate of drug-likeness (QED) is 0.315. The van der Waals surface area contributed by atoms with Crippen LogP contribution in [0, 0.1) is 5.92 Å². The highest BCUT2D eigenvalue weighted by Crippen LogP contribution is 2.19. The normalized spacial score (nSPS) is 22.9. The van der Waals surface area contributed by atoms with E-state index < -0.39 is 10.0 Å². The first kappa shape index (κ1) is 16.2. The number of ether oxygens (including phenoxy) is 1. The predicted molar refractivity (Wildman–Crippen MR) is 72.6 cm³/mol. The zero-order valence-electron chi connectivity index (χ0n) is 11.4. The summed E-state index contributed by atoms with van der Waals surface area (Å²) >= 11 is 0. The first-order chi connectivity index (χ1) is 8.86. The van der Waals surface area contributed by atoms with Crippen LogP contribution < -0.4 is 5.73 Å². The average molecular weight is 293 g/mol. The fourth-order valence-corrected chi connectivity index (χ4v) is 3.42. The zero-order chi connectivity index (χ0) is 14.5. The molecule has 1 saturated heterocycles. The predicted octanol–water partition coefficient (Wildman–Crippen LogP) is 0.200. The van der Waals surface area contributed by atoms with E-state index in [4.69, 9.17) is 15.7 Å². The van der Waals surface area contributed by atoms with Crippen molar-refractivity contribution in [1.82, 2.24) is 4.31 Å². The molecular formula is C11H23N3O4S. The molecule has 1 unspecified atom stereocenters. The molecule has 0 spiro atoms. The molecule has 1 heterocycles. The van der Waals surface area contributed by atoms with Crippen molar-refractivity contribution in [3.05, 3.63) is 0 Å². The number of hydrogen-bond acceptors (Lipinski definition) is 5. The smallest absolute Gasteiger partial charge is 0.216 e. The number of piperidine rings is 1. The lowest BCUT2D eigenvalue weighted by molar-refractivity contribution is 0.0905.